The van der Waals surface area contributed by atoms with Gasteiger partial charge in [-0.05, 0) is 35.6 Å². The zero-order valence-corrected chi connectivity index (χ0v) is 15.3. The van der Waals surface area contributed by atoms with Crippen LogP contribution in [0.1, 0.15) is 43.0 Å². The maximum Gasteiger partial charge on any atom is 0.163 e. The quantitative estimate of drug-likeness (QED) is 0.776. The van der Waals surface area contributed by atoms with E-state index in [0.29, 0.717) is 18.0 Å². The molecule has 0 spiro atoms. The molecule has 2 N–H and O–H groups in total. The molecule has 1 aliphatic rings. The summed E-state index contributed by atoms with van der Waals surface area (Å²) in [5, 5.41) is 30.4. The van der Waals surface area contributed by atoms with Gasteiger partial charge in [0.25, 0.3) is 0 Å². The maximum absolute atomic E-state index is 10.4. The number of rotatable bonds is 6. The predicted octanol–water partition coefficient (Wildman–Crippen LogP) is 2.20. The Bertz CT molecular complexity index is 751. The first kappa shape index (κ1) is 18.3. The fourth-order valence-electron chi connectivity index (χ4n) is 3.25. The number of aliphatic hydroxyl groups is 1. The van der Waals surface area contributed by atoms with Crippen LogP contribution in [0.15, 0.2) is 36.4 Å². The molecule has 1 unspecified atom stereocenters. The SMILES string of the molecule is CC(C)c1ccc(CC(O)N[C@@H]2CCN(c3ccc(C#N)nn3)C2)cc1. The Hall–Kier alpha value is -2.49. The van der Waals surface area contributed by atoms with Crippen LogP contribution in [-0.2, 0) is 6.42 Å². The highest BCUT2D eigenvalue weighted by Crippen LogP contribution is 2.19. The minimum atomic E-state index is -0.572. The number of benzene rings is 1. The summed E-state index contributed by atoms with van der Waals surface area (Å²) >= 11 is 0. The summed E-state index contributed by atoms with van der Waals surface area (Å²) in [7, 11) is 0. The first-order valence-electron chi connectivity index (χ1n) is 9.07. The van der Waals surface area contributed by atoms with Crippen LogP contribution in [0.25, 0.3) is 0 Å². The van der Waals surface area contributed by atoms with Gasteiger partial charge in [0.2, 0.25) is 0 Å². The minimum Gasteiger partial charge on any atom is -0.378 e. The van der Waals surface area contributed by atoms with Crippen LogP contribution in [-0.4, -0.2) is 40.7 Å². The van der Waals surface area contributed by atoms with Gasteiger partial charge in [-0.15, -0.1) is 10.2 Å². The van der Waals surface area contributed by atoms with E-state index >= 15 is 0 Å². The molecule has 136 valence electrons. The Morgan fingerprint density at radius 1 is 1.23 bits per heavy atom. The van der Waals surface area contributed by atoms with Gasteiger partial charge in [-0.2, -0.15) is 5.26 Å². The van der Waals surface area contributed by atoms with Crippen molar-refractivity contribution in [1.82, 2.24) is 15.5 Å². The third-order valence-electron chi connectivity index (χ3n) is 4.78. The molecule has 0 aliphatic carbocycles. The van der Waals surface area contributed by atoms with Gasteiger partial charge in [-0.1, -0.05) is 38.1 Å². The predicted molar refractivity (Wildman–Crippen MR) is 101 cm³/mol. The largest absolute Gasteiger partial charge is 0.378 e. The highest BCUT2D eigenvalue weighted by atomic mass is 16.3. The van der Waals surface area contributed by atoms with Crippen molar-refractivity contribution in [2.75, 3.05) is 18.0 Å². The molecule has 1 aromatic heterocycles. The van der Waals surface area contributed by atoms with Crippen LogP contribution in [0.5, 0.6) is 0 Å². The van der Waals surface area contributed by atoms with E-state index in [-0.39, 0.29) is 6.04 Å². The summed E-state index contributed by atoms with van der Waals surface area (Å²) in [6, 6.07) is 14.1. The average molecular weight is 351 g/mol. The number of nitrogens with zero attached hydrogens (tertiary/aromatic N) is 4. The van der Waals surface area contributed by atoms with Crippen molar-refractivity contribution in [2.24, 2.45) is 0 Å². The van der Waals surface area contributed by atoms with E-state index in [0.717, 1.165) is 30.9 Å². The number of hydrogen-bond acceptors (Lipinski definition) is 6. The number of anilines is 1. The van der Waals surface area contributed by atoms with E-state index in [1.54, 1.807) is 6.07 Å². The topological polar surface area (TPSA) is 85.1 Å². The monoisotopic (exact) mass is 351 g/mol. The lowest BCUT2D eigenvalue weighted by molar-refractivity contribution is 0.125. The van der Waals surface area contributed by atoms with Crippen LogP contribution in [0.2, 0.25) is 0 Å². The highest BCUT2D eigenvalue weighted by molar-refractivity contribution is 5.40. The van der Waals surface area contributed by atoms with Gasteiger partial charge in [-0.25, -0.2) is 0 Å². The van der Waals surface area contributed by atoms with Crippen LogP contribution >= 0.6 is 0 Å². The first-order valence-corrected chi connectivity index (χ1v) is 9.07. The second-order valence-electron chi connectivity index (χ2n) is 7.10. The van der Waals surface area contributed by atoms with E-state index in [9.17, 15) is 5.11 Å². The molecule has 6 heteroatoms. The van der Waals surface area contributed by atoms with Crippen LogP contribution in [0, 0.1) is 11.3 Å². The molecule has 1 aromatic carbocycles. The Labute approximate surface area is 154 Å². The zero-order chi connectivity index (χ0) is 18.5. The van der Waals surface area contributed by atoms with E-state index < -0.39 is 6.23 Å². The lowest BCUT2D eigenvalue weighted by Crippen LogP contribution is -2.41. The van der Waals surface area contributed by atoms with E-state index in [1.807, 2.05) is 12.1 Å². The molecule has 0 saturated carbocycles. The molecule has 1 fully saturated rings. The smallest absolute Gasteiger partial charge is 0.163 e. The third kappa shape index (κ3) is 4.57. The molecule has 1 saturated heterocycles. The van der Waals surface area contributed by atoms with Crippen molar-refractivity contribution < 1.29 is 5.11 Å². The second kappa shape index (κ2) is 8.26. The Balaban J connectivity index is 1.50. The Morgan fingerprint density at radius 3 is 2.62 bits per heavy atom. The highest BCUT2D eigenvalue weighted by Gasteiger charge is 2.25. The number of nitrogens with one attached hydrogen (secondary N) is 1. The summed E-state index contributed by atoms with van der Waals surface area (Å²) in [5.41, 5.74) is 2.76. The molecule has 0 bridgehead atoms. The van der Waals surface area contributed by atoms with Crippen molar-refractivity contribution >= 4 is 5.82 Å². The third-order valence-corrected chi connectivity index (χ3v) is 4.78. The van der Waals surface area contributed by atoms with E-state index in [4.69, 9.17) is 5.26 Å². The normalized spacial score (nSPS) is 18.1. The van der Waals surface area contributed by atoms with Crippen molar-refractivity contribution in [1.29, 1.82) is 5.26 Å². The number of hydrogen-bond donors (Lipinski definition) is 2. The van der Waals surface area contributed by atoms with E-state index in [2.05, 4.69) is 58.5 Å². The molecule has 26 heavy (non-hydrogen) atoms. The number of aliphatic hydroxyl groups excluding tert-OH is 1. The molecule has 2 aromatic rings. The fraction of sp³-hybridized carbons (Fsp3) is 0.450. The van der Waals surface area contributed by atoms with Gasteiger partial charge >= 0.3 is 0 Å². The molecule has 2 heterocycles. The summed E-state index contributed by atoms with van der Waals surface area (Å²) in [6.07, 6.45) is 0.952. The molecule has 3 rings (SSSR count). The number of nitriles is 1. The Kier molecular flexibility index (Phi) is 5.82. The number of aromatic nitrogens is 2. The lowest BCUT2D eigenvalue weighted by Gasteiger charge is -2.20. The molecule has 0 amide bonds. The van der Waals surface area contributed by atoms with Gasteiger partial charge in [0.1, 0.15) is 12.3 Å². The molecular formula is C20H25N5O. The van der Waals surface area contributed by atoms with Crippen molar-refractivity contribution in [2.45, 2.75) is 44.9 Å². The van der Waals surface area contributed by atoms with Gasteiger partial charge in [-0.3, -0.25) is 5.32 Å². The van der Waals surface area contributed by atoms with Crippen LogP contribution in [0.4, 0.5) is 5.82 Å². The van der Waals surface area contributed by atoms with Crippen molar-refractivity contribution in [3.8, 4) is 6.07 Å². The lowest BCUT2D eigenvalue weighted by atomic mass is 10.0. The van der Waals surface area contributed by atoms with Crippen LogP contribution < -0.4 is 10.2 Å². The molecular weight excluding hydrogens is 326 g/mol. The zero-order valence-electron chi connectivity index (χ0n) is 15.3. The fourth-order valence-corrected chi connectivity index (χ4v) is 3.25. The van der Waals surface area contributed by atoms with Gasteiger partial charge in [0.05, 0.1) is 0 Å². The Morgan fingerprint density at radius 2 is 2.00 bits per heavy atom. The summed E-state index contributed by atoms with van der Waals surface area (Å²) in [5.74, 6) is 1.29. The molecule has 1 aliphatic heterocycles. The standard InChI is InChI=1S/C20H25N5O/c1-14(2)16-5-3-15(4-6-16)11-20(26)22-18-9-10-25(13-18)19-8-7-17(12-21)23-24-19/h3-8,14,18,20,22,26H,9-11,13H2,1-2H3/t18-,20?/m1/s1. The average Bonchev–Trinajstić information content (AvgIpc) is 3.10. The first-order chi connectivity index (χ1) is 12.5. The molecule has 2 atom stereocenters. The molecule has 6 nitrogen and oxygen atoms in total. The van der Waals surface area contributed by atoms with Crippen molar-refractivity contribution in [3.05, 3.63) is 53.2 Å². The van der Waals surface area contributed by atoms with Crippen LogP contribution in [0.3, 0.4) is 0 Å². The molecule has 0 radical (unpaired) electrons. The summed E-state index contributed by atoms with van der Waals surface area (Å²) in [6.45, 7) is 5.98. The minimum absolute atomic E-state index is 0.206. The summed E-state index contributed by atoms with van der Waals surface area (Å²) < 4.78 is 0. The van der Waals surface area contributed by atoms with Crippen molar-refractivity contribution in [3.63, 3.8) is 0 Å². The summed E-state index contributed by atoms with van der Waals surface area (Å²) in [4.78, 5) is 2.12. The van der Waals surface area contributed by atoms with E-state index in [1.165, 1.54) is 5.56 Å². The van der Waals surface area contributed by atoms with Gasteiger partial charge in [0, 0.05) is 25.6 Å². The van der Waals surface area contributed by atoms with Gasteiger partial charge < -0.3 is 10.0 Å². The second-order valence-corrected chi connectivity index (χ2v) is 7.10. The van der Waals surface area contributed by atoms with Gasteiger partial charge in [0.15, 0.2) is 11.5 Å². The maximum atomic E-state index is 10.4.